The lowest BCUT2D eigenvalue weighted by molar-refractivity contribution is -0.154. The molecule has 0 aromatic heterocycles. The molecule has 0 N–H and O–H groups in total. The fourth-order valence-corrected chi connectivity index (χ4v) is 2.72. The van der Waals surface area contributed by atoms with Gasteiger partial charge in [0, 0.05) is 6.42 Å². The first-order chi connectivity index (χ1) is 12.0. The van der Waals surface area contributed by atoms with E-state index in [1.54, 1.807) is 0 Å². The van der Waals surface area contributed by atoms with Crippen LogP contribution in [0.25, 0.3) is 0 Å². The third kappa shape index (κ3) is 4.09. The van der Waals surface area contributed by atoms with E-state index in [1.165, 1.54) is 0 Å². The predicted molar refractivity (Wildman–Crippen MR) is 98.9 cm³/mol. The van der Waals surface area contributed by atoms with Crippen molar-refractivity contribution in [3.05, 3.63) is 71.8 Å². The summed E-state index contributed by atoms with van der Waals surface area (Å²) in [6.45, 7) is 5.93. The Bertz CT molecular complexity index is 690. The maximum atomic E-state index is 12.2. The SMILES string of the molecule is CCC(C)(C)C(=O)OCCC(C#N)(c1ccccc1)c1ccccc1. The number of hydrogen-bond donors (Lipinski definition) is 0. The van der Waals surface area contributed by atoms with Gasteiger partial charge in [-0.3, -0.25) is 4.79 Å². The van der Waals surface area contributed by atoms with Crippen molar-refractivity contribution in [1.82, 2.24) is 0 Å². The zero-order valence-electron chi connectivity index (χ0n) is 15.2. The first kappa shape index (κ1) is 18.7. The molecule has 0 saturated heterocycles. The number of nitrogens with zero attached hydrogens (tertiary/aromatic N) is 1. The van der Waals surface area contributed by atoms with E-state index in [2.05, 4.69) is 6.07 Å². The number of nitriles is 1. The van der Waals surface area contributed by atoms with E-state index in [0.29, 0.717) is 12.8 Å². The van der Waals surface area contributed by atoms with E-state index in [4.69, 9.17) is 4.74 Å². The van der Waals surface area contributed by atoms with Crippen molar-refractivity contribution in [2.24, 2.45) is 5.41 Å². The van der Waals surface area contributed by atoms with E-state index in [1.807, 2.05) is 81.4 Å². The highest BCUT2D eigenvalue weighted by Crippen LogP contribution is 2.35. The highest BCUT2D eigenvalue weighted by Gasteiger charge is 2.35. The second-order valence-electron chi connectivity index (χ2n) is 6.87. The van der Waals surface area contributed by atoms with Gasteiger partial charge in [0.05, 0.1) is 18.1 Å². The molecule has 2 rings (SSSR count). The third-order valence-corrected chi connectivity index (χ3v) is 4.87. The molecule has 0 aliphatic heterocycles. The molecule has 0 aliphatic rings. The molecule has 25 heavy (non-hydrogen) atoms. The number of carbonyl (C=O) groups is 1. The maximum Gasteiger partial charge on any atom is 0.311 e. The van der Waals surface area contributed by atoms with Gasteiger partial charge < -0.3 is 4.74 Å². The second-order valence-corrected chi connectivity index (χ2v) is 6.87. The Hall–Kier alpha value is -2.60. The lowest BCUT2D eigenvalue weighted by Crippen LogP contribution is -2.31. The molecule has 0 heterocycles. The molecule has 3 nitrogen and oxygen atoms in total. The summed E-state index contributed by atoms with van der Waals surface area (Å²) in [6.07, 6.45) is 1.13. The minimum absolute atomic E-state index is 0.208. The fourth-order valence-electron chi connectivity index (χ4n) is 2.72. The average Bonchev–Trinajstić information content (AvgIpc) is 2.66. The Kier molecular flexibility index (Phi) is 5.98. The second kappa shape index (κ2) is 7.98. The fraction of sp³-hybridized carbons (Fsp3) is 0.364. The van der Waals surface area contributed by atoms with Crippen LogP contribution in [0.5, 0.6) is 0 Å². The average molecular weight is 335 g/mol. The first-order valence-electron chi connectivity index (χ1n) is 8.66. The molecule has 0 spiro atoms. The van der Waals surface area contributed by atoms with Gasteiger partial charge in [0.25, 0.3) is 0 Å². The van der Waals surface area contributed by atoms with Crippen LogP contribution >= 0.6 is 0 Å². The molecule has 0 fully saturated rings. The minimum Gasteiger partial charge on any atom is -0.465 e. The van der Waals surface area contributed by atoms with Gasteiger partial charge in [0.1, 0.15) is 5.41 Å². The maximum absolute atomic E-state index is 12.2. The Morgan fingerprint density at radius 1 is 1.00 bits per heavy atom. The van der Waals surface area contributed by atoms with E-state index >= 15 is 0 Å². The lowest BCUT2D eigenvalue weighted by Gasteiger charge is -2.28. The highest BCUT2D eigenvalue weighted by molar-refractivity contribution is 5.75. The van der Waals surface area contributed by atoms with E-state index in [-0.39, 0.29) is 12.6 Å². The Morgan fingerprint density at radius 2 is 1.48 bits per heavy atom. The number of esters is 1. The van der Waals surface area contributed by atoms with Gasteiger partial charge >= 0.3 is 5.97 Å². The number of hydrogen-bond acceptors (Lipinski definition) is 3. The van der Waals surface area contributed by atoms with Crippen LogP contribution in [0, 0.1) is 16.7 Å². The summed E-state index contributed by atoms with van der Waals surface area (Å²) in [5.41, 5.74) is 0.484. The first-order valence-corrected chi connectivity index (χ1v) is 8.66. The standard InChI is InChI=1S/C22H25NO2/c1-4-21(2,3)20(24)25-16-15-22(17-23,18-11-7-5-8-12-18)19-13-9-6-10-14-19/h5-14H,4,15-16H2,1-3H3. The zero-order chi connectivity index (χ0) is 18.3. The molecule has 0 atom stereocenters. The van der Waals surface area contributed by atoms with Gasteiger partial charge in [-0.05, 0) is 31.4 Å². The molecule has 0 aliphatic carbocycles. The molecule has 0 saturated carbocycles. The van der Waals surface area contributed by atoms with E-state index in [9.17, 15) is 10.1 Å². The molecule has 0 radical (unpaired) electrons. The van der Waals surface area contributed by atoms with Crippen LogP contribution in [-0.4, -0.2) is 12.6 Å². The highest BCUT2D eigenvalue weighted by atomic mass is 16.5. The summed E-state index contributed by atoms with van der Waals surface area (Å²) >= 11 is 0. The molecular weight excluding hydrogens is 310 g/mol. The molecule has 130 valence electrons. The van der Waals surface area contributed by atoms with Crippen LogP contribution in [0.4, 0.5) is 0 Å². The van der Waals surface area contributed by atoms with Crippen LogP contribution < -0.4 is 0 Å². The number of ether oxygens (including phenoxy) is 1. The van der Waals surface area contributed by atoms with Gasteiger partial charge in [-0.1, -0.05) is 67.6 Å². The quantitative estimate of drug-likeness (QED) is 0.679. The van der Waals surface area contributed by atoms with Crippen LogP contribution in [0.15, 0.2) is 60.7 Å². The summed E-state index contributed by atoms with van der Waals surface area (Å²) < 4.78 is 5.51. The molecule has 3 heteroatoms. The van der Waals surface area contributed by atoms with Crippen molar-refractivity contribution in [2.75, 3.05) is 6.61 Å². The Labute approximate surface area is 150 Å². The van der Waals surface area contributed by atoms with Gasteiger partial charge in [-0.15, -0.1) is 0 Å². The summed E-state index contributed by atoms with van der Waals surface area (Å²) in [5.74, 6) is -0.219. The van der Waals surface area contributed by atoms with Crippen molar-refractivity contribution in [1.29, 1.82) is 5.26 Å². The minimum atomic E-state index is -0.834. The summed E-state index contributed by atoms with van der Waals surface area (Å²) in [5, 5.41) is 10.1. The van der Waals surface area contributed by atoms with Crippen LogP contribution in [0.3, 0.4) is 0 Å². The van der Waals surface area contributed by atoms with Crippen molar-refractivity contribution in [3.63, 3.8) is 0 Å². The van der Waals surface area contributed by atoms with Gasteiger partial charge in [-0.2, -0.15) is 5.26 Å². The van der Waals surface area contributed by atoms with Gasteiger partial charge in [0.15, 0.2) is 0 Å². The lowest BCUT2D eigenvalue weighted by atomic mass is 9.73. The monoisotopic (exact) mass is 335 g/mol. The molecular formula is C22H25NO2. The van der Waals surface area contributed by atoms with E-state index in [0.717, 1.165) is 11.1 Å². The van der Waals surface area contributed by atoms with E-state index < -0.39 is 10.8 Å². The number of carbonyl (C=O) groups excluding carboxylic acids is 1. The smallest absolute Gasteiger partial charge is 0.311 e. The molecule has 2 aromatic carbocycles. The summed E-state index contributed by atoms with van der Waals surface area (Å²) in [4.78, 5) is 12.2. The van der Waals surface area contributed by atoms with Crippen LogP contribution in [0.1, 0.15) is 44.7 Å². The molecule has 0 unspecified atom stereocenters. The molecule has 0 amide bonds. The zero-order valence-corrected chi connectivity index (χ0v) is 15.2. The van der Waals surface area contributed by atoms with Crippen molar-refractivity contribution < 1.29 is 9.53 Å². The van der Waals surface area contributed by atoms with Crippen molar-refractivity contribution in [3.8, 4) is 6.07 Å². The molecule has 0 bridgehead atoms. The molecule has 2 aromatic rings. The Balaban J connectivity index is 2.28. The van der Waals surface area contributed by atoms with Crippen molar-refractivity contribution in [2.45, 2.75) is 39.0 Å². The van der Waals surface area contributed by atoms with Gasteiger partial charge in [0.2, 0.25) is 0 Å². The Morgan fingerprint density at radius 3 is 1.88 bits per heavy atom. The third-order valence-electron chi connectivity index (χ3n) is 4.87. The van der Waals surface area contributed by atoms with Crippen molar-refractivity contribution >= 4 is 5.97 Å². The van der Waals surface area contributed by atoms with Crippen LogP contribution in [0.2, 0.25) is 0 Å². The predicted octanol–water partition coefficient (Wildman–Crippen LogP) is 4.87. The largest absolute Gasteiger partial charge is 0.465 e. The number of rotatable bonds is 7. The topological polar surface area (TPSA) is 50.1 Å². The normalized spacial score (nSPS) is 11.6. The summed E-state index contributed by atoms with van der Waals surface area (Å²) in [7, 11) is 0. The van der Waals surface area contributed by atoms with Crippen LogP contribution in [-0.2, 0) is 14.9 Å². The summed E-state index contributed by atoms with van der Waals surface area (Å²) in [6, 6.07) is 21.9. The number of benzene rings is 2. The van der Waals surface area contributed by atoms with Gasteiger partial charge in [-0.25, -0.2) is 0 Å².